The van der Waals surface area contributed by atoms with Crippen LogP contribution in [0.15, 0.2) is 67.0 Å². The number of halogens is 3. The standard InChI is InChI=1S/C23H14Cl3N7/c24-16-3-1-14(18(25)9-16)12-32-21(5-6-28-32)15-7-19(26)23-22(8-15)33(31-30-23)17-4-2-13-11-27-29-20(13)10-17/h1-11H,12H2,(H,27,29). The second kappa shape index (κ2) is 7.88. The fourth-order valence-electron chi connectivity index (χ4n) is 3.89. The molecule has 162 valence electrons. The van der Waals surface area contributed by atoms with Gasteiger partial charge in [-0.2, -0.15) is 10.2 Å². The molecular formula is C23H14Cl3N7. The predicted molar refractivity (Wildman–Crippen MR) is 130 cm³/mol. The van der Waals surface area contributed by atoms with Gasteiger partial charge in [0.05, 0.1) is 40.2 Å². The second-order valence-corrected chi connectivity index (χ2v) is 8.83. The summed E-state index contributed by atoms with van der Waals surface area (Å²) >= 11 is 19.0. The molecule has 33 heavy (non-hydrogen) atoms. The van der Waals surface area contributed by atoms with Crippen molar-refractivity contribution in [2.75, 3.05) is 0 Å². The number of nitrogens with zero attached hydrogens (tertiary/aromatic N) is 6. The highest BCUT2D eigenvalue weighted by molar-refractivity contribution is 6.35. The third-order valence-corrected chi connectivity index (χ3v) is 6.40. The minimum atomic E-state index is 0.488. The fourth-order valence-corrected chi connectivity index (χ4v) is 4.61. The number of H-pyrrole nitrogens is 1. The number of aromatic nitrogens is 7. The fraction of sp³-hybridized carbons (Fsp3) is 0.0435. The molecule has 0 saturated heterocycles. The third kappa shape index (κ3) is 3.54. The molecule has 0 bridgehead atoms. The Balaban J connectivity index is 1.45. The van der Waals surface area contributed by atoms with E-state index in [2.05, 4.69) is 25.6 Å². The average Bonchev–Trinajstić information content (AvgIpc) is 3.54. The highest BCUT2D eigenvalue weighted by Gasteiger charge is 2.16. The molecule has 0 saturated carbocycles. The summed E-state index contributed by atoms with van der Waals surface area (Å²) in [5.74, 6) is 0. The first-order valence-electron chi connectivity index (χ1n) is 10.0. The van der Waals surface area contributed by atoms with E-state index < -0.39 is 0 Å². The van der Waals surface area contributed by atoms with Gasteiger partial charge in [-0.3, -0.25) is 9.78 Å². The van der Waals surface area contributed by atoms with Gasteiger partial charge in [0.25, 0.3) is 0 Å². The van der Waals surface area contributed by atoms with Crippen LogP contribution in [0, 0.1) is 0 Å². The molecule has 7 nitrogen and oxygen atoms in total. The summed E-state index contributed by atoms with van der Waals surface area (Å²) in [6, 6.07) is 17.2. The van der Waals surface area contributed by atoms with Crippen LogP contribution in [0.3, 0.4) is 0 Å². The molecule has 0 spiro atoms. The van der Waals surface area contributed by atoms with Gasteiger partial charge in [0.2, 0.25) is 0 Å². The zero-order chi connectivity index (χ0) is 22.5. The van der Waals surface area contributed by atoms with Gasteiger partial charge in [-0.25, -0.2) is 4.68 Å². The van der Waals surface area contributed by atoms with Crippen LogP contribution in [0.2, 0.25) is 15.1 Å². The van der Waals surface area contributed by atoms with Gasteiger partial charge in [-0.15, -0.1) is 5.10 Å². The summed E-state index contributed by atoms with van der Waals surface area (Å²) in [4.78, 5) is 0. The number of aromatic amines is 1. The zero-order valence-electron chi connectivity index (χ0n) is 16.9. The van der Waals surface area contributed by atoms with Crippen LogP contribution in [0.1, 0.15) is 5.56 Å². The SMILES string of the molecule is Clc1ccc(Cn2nccc2-c2cc(Cl)c3nnn(-c4ccc5cn[nH]c5c4)c3c2)c(Cl)c1. The van der Waals surface area contributed by atoms with Crippen molar-refractivity contribution >= 4 is 56.7 Å². The van der Waals surface area contributed by atoms with Gasteiger partial charge in [0.1, 0.15) is 5.52 Å². The van der Waals surface area contributed by atoms with Crippen molar-refractivity contribution in [3.05, 3.63) is 87.6 Å². The number of fused-ring (bicyclic) bond motifs is 2. The third-order valence-electron chi connectivity index (χ3n) is 5.52. The van der Waals surface area contributed by atoms with E-state index in [1.165, 1.54) is 0 Å². The summed E-state index contributed by atoms with van der Waals surface area (Å²) in [5.41, 5.74) is 5.87. The minimum absolute atomic E-state index is 0.488. The average molecular weight is 495 g/mol. The molecule has 3 aromatic carbocycles. The van der Waals surface area contributed by atoms with E-state index in [9.17, 15) is 0 Å². The lowest BCUT2D eigenvalue weighted by molar-refractivity contribution is 0.694. The van der Waals surface area contributed by atoms with Crippen LogP contribution in [-0.4, -0.2) is 35.0 Å². The summed E-state index contributed by atoms with van der Waals surface area (Å²) < 4.78 is 3.64. The minimum Gasteiger partial charge on any atom is -0.278 e. The predicted octanol–water partition coefficient (Wildman–Crippen LogP) is 6.17. The van der Waals surface area contributed by atoms with Gasteiger partial charge >= 0.3 is 0 Å². The Morgan fingerprint density at radius 1 is 0.909 bits per heavy atom. The maximum atomic E-state index is 6.62. The van der Waals surface area contributed by atoms with Crippen LogP contribution in [0.4, 0.5) is 0 Å². The summed E-state index contributed by atoms with van der Waals surface area (Å²) in [6.07, 6.45) is 3.53. The number of hydrogen-bond donors (Lipinski definition) is 1. The largest absolute Gasteiger partial charge is 0.278 e. The molecule has 3 heterocycles. The topological polar surface area (TPSA) is 77.2 Å². The Morgan fingerprint density at radius 2 is 1.82 bits per heavy atom. The van der Waals surface area contributed by atoms with E-state index in [-0.39, 0.29) is 0 Å². The summed E-state index contributed by atoms with van der Waals surface area (Å²) in [7, 11) is 0. The summed E-state index contributed by atoms with van der Waals surface area (Å²) in [5, 5.41) is 22.9. The van der Waals surface area contributed by atoms with Crippen LogP contribution in [0.5, 0.6) is 0 Å². The number of rotatable bonds is 4. The number of benzene rings is 3. The monoisotopic (exact) mass is 493 g/mol. The molecule has 1 N–H and O–H groups in total. The molecule has 6 rings (SSSR count). The van der Waals surface area contributed by atoms with Crippen LogP contribution >= 0.6 is 34.8 Å². The lowest BCUT2D eigenvalue weighted by Crippen LogP contribution is -2.04. The van der Waals surface area contributed by atoms with Gasteiger partial charge in [-0.05, 0) is 54.1 Å². The molecule has 0 amide bonds. The van der Waals surface area contributed by atoms with Crippen molar-refractivity contribution in [3.8, 4) is 16.9 Å². The van der Waals surface area contributed by atoms with E-state index in [1.54, 1.807) is 23.1 Å². The Bertz CT molecular complexity index is 1650. The van der Waals surface area contributed by atoms with Gasteiger partial charge in [0.15, 0.2) is 0 Å². The van der Waals surface area contributed by atoms with Crippen LogP contribution in [0.25, 0.3) is 38.9 Å². The maximum Gasteiger partial charge on any atom is 0.132 e. The van der Waals surface area contributed by atoms with Gasteiger partial charge < -0.3 is 0 Å². The smallest absolute Gasteiger partial charge is 0.132 e. The molecule has 6 aromatic rings. The molecular weight excluding hydrogens is 481 g/mol. The lowest BCUT2D eigenvalue weighted by Gasteiger charge is -2.11. The highest BCUT2D eigenvalue weighted by Crippen LogP contribution is 2.32. The van der Waals surface area contributed by atoms with Gasteiger partial charge in [-0.1, -0.05) is 46.1 Å². The molecule has 0 aliphatic rings. The second-order valence-electron chi connectivity index (χ2n) is 7.58. The van der Waals surface area contributed by atoms with E-state index in [0.29, 0.717) is 27.1 Å². The molecule has 0 radical (unpaired) electrons. The Morgan fingerprint density at radius 3 is 2.70 bits per heavy atom. The van der Waals surface area contributed by atoms with Crippen molar-refractivity contribution in [1.29, 1.82) is 0 Å². The molecule has 10 heteroatoms. The number of nitrogens with one attached hydrogen (secondary N) is 1. The lowest BCUT2D eigenvalue weighted by atomic mass is 10.1. The van der Waals surface area contributed by atoms with Crippen molar-refractivity contribution in [1.82, 2.24) is 35.0 Å². The quantitative estimate of drug-likeness (QED) is 0.318. The molecule has 0 aliphatic carbocycles. The maximum absolute atomic E-state index is 6.62. The highest BCUT2D eigenvalue weighted by atomic mass is 35.5. The molecule has 0 atom stereocenters. The first-order chi connectivity index (χ1) is 16.1. The van der Waals surface area contributed by atoms with Crippen molar-refractivity contribution in [2.45, 2.75) is 6.54 Å². The van der Waals surface area contributed by atoms with Crippen LogP contribution in [-0.2, 0) is 6.54 Å². The van der Waals surface area contributed by atoms with Gasteiger partial charge in [0, 0.05) is 27.2 Å². The summed E-state index contributed by atoms with van der Waals surface area (Å²) in [6.45, 7) is 0.488. The Kier molecular flexibility index (Phi) is 4.83. The van der Waals surface area contributed by atoms with E-state index in [4.69, 9.17) is 34.8 Å². The van der Waals surface area contributed by atoms with E-state index in [1.807, 2.05) is 53.2 Å². The zero-order valence-corrected chi connectivity index (χ0v) is 19.1. The van der Waals surface area contributed by atoms with Crippen molar-refractivity contribution in [2.24, 2.45) is 0 Å². The molecule has 0 unspecified atom stereocenters. The molecule has 0 fully saturated rings. The Hall–Kier alpha value is -3.39. The molecule has 0 aliphatic heterocycles. The molecule has 3 aromatic heterocycles. The van der Waals surface area contributed by atoms with E-state index >= 15 is 0 Å². The van der Waals surface area contributed by atoms with Crippen molar-refractivity contribution in [3.63, 3.8) is 0 Å². The first kappa shape index (κ1) is 20.2. The van der Waals surface area contributed by atoms with Crippen molar-refractivity contribution < 1.29 is 0 Å². The normalized spacial score (nSPS) is 11.6. The van der Waals surface area contributed by atoms with Crippen LogP contribution < -0.4 is 0 Å². The van der Waals surface area contributed by atoms with E-state index in [0.717, 1.165) is 38.9 Å². The Labute approximate surface area is 202 Å². The number of hydrogen-bond acceptors (Lipinski definition) is 4. The first-order valence-corrected chi connectivity index (χ1v) is 11.1.